The summed E-state index contributed by atoms with van der Waals surface area (Å²) in [7, 11) is 0. The van der Waals surface area contributed by atoms with Crippen molar-refractivity contribution in [3.05, 3.63) is 70.6 Å². The fourth-order valence-electron chi connectivity index (χ4n) is 3.04. The summed E-state index contributed by atoms with van der Waals surface area (Å²) < 4.78 is 0. The van der Waals surface area contributed by atoms with E-state index < -0.39 is 0 Å². The number of hydrogen-bond acceptors (Lipinski definition) is 6. The lowest BCUT2D eigenvalue weighted by atomic mass is 10.1. The molecule has 0 radical (unpaired) electrons. The Balaban J connectivity index is 1.31. The zero-order valence-corrected chi connectivity index (χ0v) is 15.4. The summed E-state index contributed by atoms with van der Waals surface area (Å²) in [6.45, 7) is 0.649. The van der Waals surface area contributed by atoms with Crippen molar-refractivity contribution < 1.29 is 9.59 Å². The van der Waals surface area contributed by atoms with Crippen LogP contribution in [-0.4, -0.2) is 40.3 Å². The van der Waals surface area contributed by atoms with Gasteiger partial charge in [-0.3, -0.25) is 15.0 Å². The van der Waals surface area contributed by atoms with Crippen LogP contribution in [0, 0.1) is 0 Å². The maximum Gasteiger partial charge on any atom is 0.353 e. The molecule has 148 valence electrons. The van der Waals surface area contributed by atoms with Gasteiger partial charge < -0.3 is 5.32 Å². The third-order valence-corrected chi connectivity index (χ3v) is 4.43. The number of fused-ring (bicyclic) bond motifs is 1. The highest BCUT2D eigenvalue weighted by Gasteiger charge is 2.27. The van der Waals surface area contributed by atoms with Crippen LogP contribution >= 0.6 is 0 Å². The minimum atomic E-state index is -0.313. The largest absolute Gasteiger partial charge is 0.354 e. The van der Waals surface area contributed by atoms with Crippen LogP contribution in [0.1, 0.15) is 5.69 Å². The van der Waals surface area contributed by atoms with Gasteiger partial charge in [-0.1, -0.05) is 36.4 Å². The molecule has 2 heterocycles. The summed E-state index contributed by atoms with van der Waals surface area (Å²) in [6.07, 6.45) is 0.0349. The van der Waals surface area contributed by atoms with Crippen molar-refractivity contribution >= 4 is 28.4 Å². The average molecular weight is 393 g/mol. The van der Waals surface area contributed by atoms with Crippen molar-refractivity contribution in [3.63, 3.8) is 0 Å². The van der Waals surface area contributed by atoms with E-state index in [-0.39, 0.29) is 23.9 Å². The Hall–Kier alpha value is -3.76. The third-order valence-electron chi connectivity index (χ3n) is 4.43. The number of nitrogens with one attached hydrogen (secondary N) is 4. The second-order valence-corrected chi connectivity index (χ2v) is 6.41. The molecule has 0 unspecified atom stereocenters. The van der Waals surface area contributed by atoms with Crippen molar-refractivity contribution in [1.29, 1.82) is 0 Å². The zero-order valence-electron chi connectivity index (χ0n) is 15.4. The van der Waals surface area contributed by atoms with Gasteiger partial charge in [0.15, 0.2) is 0 Å². The number of benzene rings is 2. The van der Waals surface area contributed by atoms with Gasteiger partial charge in [-0.15, -0.1) is 10.7 Å². The maximum atomic E-state index is 12.3. The van der Waals surface area contributed by atoms with Crippen LogP contribution in [-0.2, 0) is 11.2 Å². The second kappa shape index (κ2) is 8.09. The number of H-pyrrole nitrogens is 1. The number of nitrogens with zero attached hydrogens (tertiary/aromatic N) is 3. The van der Waals surface area contributed by atoms with Crippen LogP contribution in [0.3, 0.4) is 0 Å². The molecule has 4 rings (SSSR count). The first-order valence-electron chi connectivity index (χ1n) is 9.04. The van der Waals surface area contributed by atoms with E-state index in [0.29, 0.717) is 35.2 Å². The van der Waals surface area contributed by atoms with Crippen LogP contribution in [0.5, 0.6) is 0 Å². The smallest absolute Gasteiger partial charge is 0.353 e. The summed E-state index contributed by atoms with van der Waals surface area (Å²) in [4.78, 5) is 36.2. The van der Waals surface area contributed by atoms with Gasteiger partial charge in [0, 0.05) is 11.9 Å². The Labute approximate surface area is 165 Å². The van der Waals surface area contributed by atoms with E-state index in [1.54, 1.807) is 36.4 Å². The molecule has 1 fully saturated rings. The third kappa shape index (κ3) is 4.08. The molecule has 1 aromatic heterocycles. The standard InChI is InChI=1S/C19H19N7O3/c27-17(12-16-14-8-4-5-9-15(14)18(28)22-21-16)20-10-11-25-23-19(29)26(24-25)13-6-2-1-3-7-13/h1-9,24H,10-12H2,(H,20,27)(H,22,28)(H,23,29). The van der Waals surface area contributed by atoms with Gasteiger partial charge >= 0.3 is 6.03 Å². The molecule has 10 heteroatoms. The van der Waals surface area contributed by atoms with E-state index in [0.717, 1.165) is 0 Å². The number of aromatic nitrogens is 2. The second-order valence-electron chi connectivity index (χ2n) is 6.41. The first-order valence-corrected chi connectivity index (χ1v) is 9.04. The number of hydrogen-bond donors (Lipinski definition) is 4. The Morgan fingerprint density at radius 1 is 1.00 bits per heavy atom. The average Bonchev–Trinajstić information content (AvgIpc) is 3.11. The molecule has 3 aromatic rings. The monoisotopic (exact) mass is 393 g/mol. The van der Waals surface area contributed by atoms with Gasteiger partial charge in [0.25, 0.3) is 5.56 Å². The Morgan fingerprint density at radius 2 is 1.72 bits per heavy atom. The number of anilines is 1. The molecule has 10 nitrogen and oxygen atoms in total. The highest BCUT2D eigenvalue weighted by Crippen LogP contribution is 2.14. The molecule has 1 aliphatic rings. The summed E-state index contributed by atoms with van der Waals surface area (Å²) in [6, 6.07) is 15.8. The molecule has 3 amide bonds. The topological polar surface area (TPSA) is 122 Å². The maximum absolute atomic E-state index is 12.3. The molecule has 0 spiro atoms. The summed E-state index contributed by atoms with van der Waals surface area (Å²) in [5.41, 5.74) is 6.49. The molecule has 0 aliphatic carbocycles. The van der Waals surface area contributed by atoms with Crippen LogP contribution < -0.4 is 26.8 Å². The number of carbonyl (C=O) groups excluding carboxylic acids is 2. The Morgan fingerprint density at radius 3 is 2.52 bits per heavy atom. The fourth-order valence-corrected chi connectivity index (χ4v) is 3.04. The van der Waals surface area contributed by atoms with E-state index in [1.165, 1.54) is 10.1 Å². The SMILES string of the molecule is O=C(Cc1n[nH]c(=O)c2ccccc12)NCCN1NC(=O)N(c2ccccc2)N1. The van der Waals surface area contributed by atoms with Gasteiger partial charge in [0.2, 0.25) is 5.91 Å². The zero-order chi connectivity index (χ0) is 20.2. The quantitative estimate of drug-likeness (QED) is 0.482. The van der Waals surface area contributed by atoms with E-state index >= 15 is 0 Å². The molecular weight excluding hydrogens is 374 g/mol. The highest BCUT2D eigenvalue weighted by atomic mass is 16.2. The predicted molar refractivity (Wildman–Crippen MR) is 106 cm³/mol. The molecule has 1 aliphatic heterocycles. The number of carbonyl (C=O) groups is 2. The normalized spacial score (nSPS) is 14.2. The van der Waals surface area contributed by atoms with Crippen LogP contribution in [0.2, 0.25) is 0 Å². The molecule has 0 atom stereocenters. The molecular formula is C19H19N7O3. The minimum absolute atomic E-state index is 0.0349. The van der Waals surface area contributed by atoms with Crippen molar-refractivity contribution in [2.45, 2.75) is 6.42 Å². The summed E-state index contributed by atoms with van der Waals surface area (Å²) in [5, 5.41) is 13.2. The van der Waals surface area contributed by atoms with Gasteiger partial charge in [0.05, 0.1) is 29.7 Å². The summed E-state index contributed by atoms with van der Waals surface area (Å²) >= 11 is 0. The van der Waals surface area contributed by atoms with Crippen molar-refractivity contribution in [1.82, 2.24) is 31.6 Å². The highest BCUT2D eigenvalue weighted by molar-refractivity contribution is 5.92. The number of rotatable bonds is 6. The lowest BCUT2D eigenvalue weighted by Gasteiger charge is -2.17. The minimum Gasteiger partial charge on any atom is -0.354 e. The molecule has 0 saturated carbocycles. The van der Waals surface area contributed by atoms with Crippen molar-refractivity contribution in [3.8, 4) is 0 Å². The van der Waals surface area contributed by atoms with Crippen molar-refractivity contribution in [2.24, 2.45) is 0 Å². The van der Waals surface area contributed by atoms with E-state index in [2.05, 4.69) is 26.5 Å². The lowest BCUT2D eigenvalue weighted by Crippen LogP contribution is -2.46. The van der Waals surface area contributed by atoms with Gasteiger partial charge in [-0.25, -0.2) is 14.9 Å². The number of para-hydroxylation sites is 1. The summed E-state index contributed by atoms with van der Waals surface area (Å²) in [5.74, 6) is -0.236. The molecule has 29 heavy (non-hydrogen) atoms. The molecule has 2 aromatic carbocycles. The Bertz CT molecular complexity index is 1100. The molecule has 1 saturated heterocycles. The Kier molecular flexibility index (Phi) is 5.18. The van der Waals surface area contributed by atoms with Crippen molar-refractivity contribution in [2.75, 3.05) is 18.1 Å². The van der Waals surface area contributed by atoms with E-state index in [4.69, 9.17) is 0 Å². The molecule has 4 N–H and O–H groups in total. The predicted octanol–water partition coefficient (Wildman–Crippen LogP) is 0.448. The van der Waals surface area contributed by atoms with Gasteiger partial charge in [0.1, 0.15) is 0 Å². The fraction of sp³-hybridized carbons (Fsp3) is 0.158. The van der Waals surface area contributed by atoms with Crippen LogP contribution in [0.15, 0.2) is 59.4 Å². The number of aromatic amines is 1. The number of hydrazine groups is 3. The number of amides is 3. The number of urea groups is 1. The van der Waals surface area contributed by atoms with Crippen LogP contribution in [0.25, 0.3) is 10.8 Å². The van der Waals surface area contributed by atoms with Gasteiger partial charge in [-0.05, 0) is 18.2 Å². The van der Waals surface area contributed by atoms with E-state index in [9.17, 15) is 14.4 Å². The van der Waals surface area contributed by atoms with Crippen LogP contribution in [0.4, 0.5) is 10.5 Å². The van der Waals surface area contributed by atoms with Gasteiger partial charge in [-0.2, -0.15) is 5.10 Å². The van der Waals surface area contributed by atoms with E-state index in [1.807, 2.05) is 18.2 Å². The molecule has 0 bridgehead atoms. The first-order chi connectivity index (χ1) is 14.1. The first kappa shape index (κ1) is 18.6. The lowest BCUT2D eigenvalue weighted by molar-refractivity contribution is -0.120.